The summed E-state index contributed by atoms with van der Waals surface area (Å²) in [5.74, 6) is 1.19. The number of amidine groups is 1. The third-order valence-corrected chi connectivity index (χ3v) is 3.92. The molecule has 0 aromatic heterocycles. The van der Waals surface area contributed by atoms with Crippen molar-refractivity contribution in [2.45, 2.75) is 26.9 Å². The standard InChI is InChI=1S/C16H20N3O4/c1-3-13-8-9-18(10-13)12(2)17-16(20)23-11-14-4-6-15(7-5-14)19(21)22/h3-7,13H,8-11H2,1-2H3. The molecule has 1 aromatic carbocycles. The van der Waals surface area contributed by atoms with Crippen LogP contribution in [0.3, 0.4) is 0 Å². The predicted molar refractivity (Wildman–Crippen MR) is 86.0 cm³/mol. The van der Waals surface area contributed by atoms with E-state index >= 15 is 0 Å². The Morgan fingerprint density at radius 1 is 1.48 bits per heavy atom. The molecule has 1 aliphatic rings. The van der Waals surface area contributed by atoms with Gasteiger partial charge in [0.1, 0.15) is 12.4 Å². The molecule has 1 aliphatic heterocycles. The van der Waals surface area contributed by atoms with Crippen molar-refractivity contribution in [1.82, 2.24) is 4.90 Å². The van der Waals surface area contributed by atoms with Crippen molar-refractivity contribution < 1.29 is 14.5 Å². The second-order valence-corrected chi connectivity index (χ2v) is 5.47. The highest BCUT2D eigenvalue weighted by atomic mass is 16.6. The summed E-state index contributed by atoms with van der Waals surface area (Å²) in [7, 11) is 0. The Kier molecular flexibility index (Phi) is 5.67. The van der Waals surface area contributed by atoms with Crippen LogP contribution >= 0.6 is 0 Å². The van der Waals surface area contributed by atoms with E-state index in [-0.39, 0.29) is 12.3 Å². The molecule has 1 saturated heterocycles. The summed E-state index contributed by atoms with van der Waals surface area (Å²) < 4.78 is 5.08. The molecule has 0 bridgehead atoms. The molecule has 7 nitrogen and oxygen atoms in total. The number of benzene rings is 1. The van der Waals surface area contributed by atoms with Gasteiger partial charge in [0.15, 0.2) is 0 Å². The smallest absolute Gasteiger partial charge is 0.435 e. The Morgan fingerprint density at radius 2 is 2.17 bits per heavy atom. The quantitative estimate of drug-likeness (QED) is 0.368. The van der Waals surface area contributed by atoms with Gasteiger partial charge in [-0.3, -0.25) is 10.1 Å². The van der Waals surface area contributed by atoms with E-state index in [1.54, 1.807) is 19.1 Å². The van der Waals surface area contributed by atoms with Gasteiger partial charge in [0.25, 0.3) is 5.69 Å². The second-order valence-electron chi connectivity index (χ2n) is 5.47. The minimum atomic E-state index is -0.648. The number of carbonyl (C=O) groups is 1. The number of nitro groups is 1. The van der Waals surface area contributed by atoms with Crippen molar-refractivity contribution in [3.05, 3.63) is 46.4 Å². The first kappa shape index (κ1) is 16.9. The molecule has 1 fully saturated rings. The second kappa shape index (κ2) is 7.71. The summed E-state index contributed by atoms with van der Waals surface area (Å²) in [4.78, 5) is 27.9. The zero-order chi connectivity index (χ0) is 16.8. The molecule has 1 aromatic rings. The summed E-state index contributed by atoms with van der Waals surface area (Å²) in [6.07, 6.45) is 2.59. The first-order valence-corrected chi connectivity index (χ1v) is 7.49. The molecule has 0 spiro atoms. The molecule has 1 unspecified atom stereocenters. The molecule has 1 heterocycles. The number of aliphatic imine (C=N–C) groups is 1. The van der Waals surface area contributed by atoms with Gasteiger partial charge in [-0.25, -0.2) is 4.79 Å². The average Bonchev–Trinajstić information content (AvgIpc) is 3.02. The lowest BCUT2D eigenvalue weighted by Gasteiger charge is -2.17. The molecule has 0 aliphatic carbocycles. The Balaban J connectivity index is 1.84. The number of nitrogens with zero attached hydrogens (tertiary/aromatic N) is 3. The van der Waals surface area contributed by atoms with Crippen LogP contribution in [-0.2, 0) is 11.3 Å². The number of rotatable bonds is 4. The average molecular weight is 318 g/mol. The highest BCUT2D eigenvalue weighted by Crippen LogP contribution is 2.19. The van der Waals surface area contributed by atoms with Gasteiger partial charge in [-0.1, -0.05) is 6.92 Å². The summed E-state index contributed by atoms with van der Waals surface area (Å²) in [6, 6.07) is 5.88. The molecular weight excluding hydrogens is 298 g/mol. The van der Waals surface area contributed by atoms with Gasteiger partial charge in [-0.15, -0.1) is 0 Å². The molecule has 123 valence electrons. The molecule has 7 heteroatoms. The van der Waals surface area contributed by atoms with Gasteiger partial charge in [-0.2, -0.15) is 4.99 Å². The van der Waals surface area contributed by atoms with E-state index in [4.69, 9.17) is 4.74 Å². The van der Waals surface area contributed by atoms with Crippen LogP contribution in [0.15, 0.2) is 29.3 Å². The van der Waals surface area contributed by atoms with Crippen LogP contribution in [0.4, 0.5) is 10.5 Å². The van der Waals surface area contributed by atoms with E-state index < -0.39 is 11.0 Å². The summed E-state index contributed by atoms with van der Waals surface area (Å²) in [5, 5.41) is 10.6. The Labute approximate surface area is 135 Å². The van der Waals surface area contributed by atoms with E-state index in [2.05, 4.69) is 16.3 Å². The van der Waals surface area contributed by atoms with Gasteiger partial charge in [0.05, 0.1) is 4.92 Å². The maximum atomic E-state index is 11.8. The molecule has 0 saturated carbocycles. The van der Waals surface area contributed by atoms with Gasteiger partial charge < -0.3 is 9.64 Å². The predicted octanol–water partition coefficient (Wildman–Crippen LogP) is 3.20. The lowest BCUT2D eigenvalue weighted by molar-refractivity contribution is -0.384. The zero-order valence-electron chi connectivity index (χ0n) is 13.3. The number of amides is 1. The number of hydrogen-bond acceptors (Lipinski definition) is 4. The Morgan fingerprint density at radius 3 is 2.74 bits per heavy atom. The first-order chi connectivity index (χ1) is 11.0. The number of nitro benzene ring substituents is 1. The first-order valence-electron chi connectivity index (χ1n) is 7.49. The normalized spacial score (nSPS) is 18.1. The van der Waals surface area contributed by atoms with Crippen molar-refractivity contribution in [1.29, 1.82) is 0 Å². The third kappa shape index (κ3) is 4.77. The molecule has 0 N–H and O–H groups in total. The lowest BCUT2D eigenvalue weighted by Crippen LogP contribution is -2.27. The number of likely N-dealkylation sites (tertiary alicyclic amines) is 1. The fourth-order valence-corrected chi connectivity index (χ4v) is 2.45. The van der Waals surface area contributed by atoms with Gasteiger partial charge >= 0.3 is 6.09 Å². The van der Waals surface area contributed by atoms with E-state index in [1.165, 1.54) is 12.1 Å². The molecule has 1 atom stereocenters. The number of ether oxygens (including phenoxy) is 1. The van der Waals surface area contributed by atoms with Gasteiger partial charge in [-0.05, 0) is 43.4 Å². The zero-order valence-corrected chi connectivity index (χ0v) is 13.3. The fourth-order valence-electron chi connectivity index (χ4n) is 2.45. The summed E-state index contributed by atoms with van der Waals surface area (Å²) >= 11 is 0. The molecule has 2 rings (SSSR count). The SMILES string of the molecule is C[CH]C1CCN(C(C)=NC(=O)OCc2ccc([N+](=O)[O-])cc2)C1. The highest BCUT2D eigenvalue weighted by Gasteiger charge is 2.22. The Hall–Kier alpha value is -2.44. The van der Waals surface area contributed by atoms with Crippen molar-refractivity contribution >= 4 is 17.6 Å². The maximum absolute atomic E-state index is 11.8. The van der Waals surface area contributed by atoms with Crippen molar-refractivity contribution in [3.63, 3.8) is 0 Å². The minimum absolute atomic E-state index is 0.00487. The number of non-ortho nitro benzene ring substituents is 1. The van der Waals surface area contributed by atoms with E-state index in [9.17, 15) is 14.9 Å². The van der Waals surface area contributed by atoms with Crippen LogP contribution in [0.2, 0.25) is 0 Å². The number of carbonyl (C=O) groups excluding carboxylic acids is 1. The molecular formula is C16H20N3O4. The number of hydrogen-bond donors (Lipinski definition) is 0. The topological polar surface area (TPSA) is 85.0 Å². The fraction of sp³-hybridized carbons (Fsp3) is 0.438. The molecule has 1 radical (unpaired) electrons. The third-order valence-electron chi connectivity index (χ3n) is 3.92. The van der Waals surface area contributed by atoms with Crippen molar-refractivity contribution in [2.24, 2.45) is 10.9 Å². The maximum Gasteiger partial charge on any atom is 0.435 e. The minimum Gasteiger partial charge on any atom is -0.443 e. The van der Waals surface area contributed by atoms with Crippen LogP contribution < -0.4 is 0 Å². The lowest BCUT2D eigenvalue weighted by atomic mass is 10.1. The van der Waals surface area contributed by atoms with E-state index in [0.29, 0.717) is 17.3 Å². The monoisotopic (exact) mass is 318 g/mol. The van der Waals surface area contributed by atoms with Crippen LogP contribution in [0, 0.1) is 22.5 Å². The summed E-state index contributed by atoms with van der Waals surface area (Å²) in [5.41, 5.74) is 0.684. The van der Waals surface area contributed by atoms with Crippen molar-refractivity contribution in [3.8, 4) is 0 Å². The Bertz CT molecular complexity index is 598. The van der Waals surface area contributed by atoms with Crippen LogP contribution in [0.1, 0.15) is 25.8 Å². The molecule has 23 heavy (non-hydrogen) atoms. The highest BCUT2D eigenvalue weighted by molar-refractivity contribution is 5.90. The summed E-state index contributed by atoms with van der Waals surface area (Å²) in [6.45, 7) is 5.64. The van der Waals surface area contributed by atoms with Gasteiger partial charge in [0, 0.05) is 25.2 Å². The van der Waals surface area contributed by atoms with Crippen molar-refractivity contribution in [2.75, 3.05) is 13.1 Å². The molecule has 1 amide bonds. The van der Waals surface area contributed by atoms with E-state index in [0.717, 1.165) is 19.5 Å². The van der Waals surface area contributed by atoms with Crippen LogP contribution in [0.25, 0.3) is 0 Å². The largest absolute Gasteiger partial charge is 0.443 e. The van der Waals surface area contributed by atoms with Crippen LogP contribution in [-0.4, -0.2) is 34.8 Å². The van der Waals surface area contributed by atoms with Gasteiger partial charge in [0.2, 0.25) is 0 Å². The van der Waals surface area contributed by atoms with Crippen LogP contribution in [0.5, 0.6) is 0 Å². The van der Waals surface area contributed by atoms with E-state index in [1.807, 2.05) is 6.92 Å².